The molecule has 0 spiro atoms. The quantitative estimate of drug-likeness (QED) is 0.152. The van der Waals surface area contributed by atoms with Crippen molar-refractivity contribution in [2.75, 3.05) is 32.7 Å². The molecule has 2 aliphatic rings. The van der Waals surface area contributed by atoms with Gasteiger partial charge in [-0.2, -0.15) is 17.6 Å². The number of ether oxygens (including phenoxy) is 2. The molecule has 0 aromatic heterocycles. The molecule has 0 aliphatic carbocycles. The lowest BCUT2D eigenvalue weighted by Gasteiger charge is -2.28. The number of nitro benzene ring substituents is 2. The highest BCUT2D eigenvalue weighted by atomic mass is 32.1. The molecule has 15 nitrogen and oxygen atoms in total. The third kappa shape index (κ3) is 8.64. The minimum absolute atomic E-state index is 0.0357. The van der Waals surface area contributed by atoms with Gasteiger partial charge in [0.15, 0.2) is 0 Å². The number of likely N-dealkylation sites (tertiary alicyclic amines) is 1. The normalized spacial score (nSPS) is 18.8. The Morgan fingerprint density at radius 3 is 1.98 bits per heavy atom. The van der Waals surface area contributed by atoms with Crippen LogP contribution in [0.5, 0.6) is 0 Å². The number of hydrogen-bond acceptors (Lipinski definition) is 10. The van der Waals surface area contributed by atoms with Gasteiger partial charge in [-0.1, -0.05) is 0 Å². The Bertz CT molecular complexity index is 1370. The van der Waals surface area contributed by atoms with Crippen molar-refractivity contribution < 1.29 is 33.7 Å². The van der Waals surface area contributed by atoms with Crippen LogP contribution in [0.4, 0.5) is 21.0 Å². The smallest absolute Gasteiger partial charge is 0.435 e. The van der Waals surface area contributed by atoms with E-state index >= 15 is 0 Å². The zero-order valence-corrected chi connectivity index (χ0v) is 23.9. The van der Waals surface area contributed by atoms with Crippen LogP contribution in [0.2, 0.25) is 0 Å². The van der Waals surface area contributed by atoms with Crippen molar-refractivity contribution in [2.24, 2.45) is 4.99 Å². The topological polar surface area (TPSA) is 178 Å². The van der Waals surface area contributed by atoms with E-state index in [1.165, 1.54) is 59.8 Å². The zero-order valence-electron chi connectivity index (χ0n) is 23.0. The van der Waals surface area contributed by atoms with Crippen molar-refractivity contribution >= 4 is 48.4 Å². The summed E-state index contributed by atoms with van der Waals surface area (Å²) < 4.78 is 10.5. The van der Waals surface area contributed by atoms with Gasteiger partial charge in [-0.05, 0) is 48.2 Å². The van der Waals surface area contributed by atoms with Crippen molar-refractivity contribution in [3.63, 3.8) is 0 Å². The van der Waals surface area contributed by atoms with Crippen LogP contribution in [-0.2, 0) is 27.5 Å². The number of benzene rings is 2. The molecule has 0 bridgehead atoms. The summed E-state index contributed by atoms with van der Waals surface area (Å²) in [5.41, 5.74) is 1.05. The first kappa shape index (κ1) is 31.2. The molecule has 2 saturated heterocycles. The molecule has 2 atom stereocenters. The molecule has 2 aromatic rings. The molecule has 0 N–H and O–H groups in total. The summed E-state index contributed by atoms with van der Waals surface area (Å²) in [6, 6.07) is 10.7. The Kier molecular flexibility index (Phi) is 10.5. The zero-order chi connectivity index (χ0) is 30.9. The number of hydrogen-bond donors (Lipinski definition) is 1. The number of carbonyl (C=O) groups excluding carboxylic acids is 3. The number of non-ortho nitro benzene ring substituents is 2. The summed E-state index contributed by atoms with van der Waals surface area (Å²) in [6.07, 6.45) is 0.855. The van der Waals surface area contributed by atoms with Crippen LogP contribution in [-0.4, -0.2) is 93.0 Å². The van der Waals surface area contributed by atoms with E-state index in [0.717, 1.165) is 0 Å². The number of thiol groups is 1. The molecule has 228 valence electrons. The number of rotatable bonds is 8. The van der Waals surface area contributed by atoms with E-state index in [1.807, 2.05) is 0 Å². The van der Waals surface area contributed by atoms with Crippen molar-refractivity contribution in [3.8, 4) is 0 Å². The van der Waals surface area contributed by atoms with E-state index in [0.29, 0.717) is 50.1 Å². The average molecular weight is 615 g/mol. The van der Waals surface area contributed by atoms with Crippen molar-refractivity contribution in [1.82, 2.24) is 14.7 Å². The molecule has 4 rings (SSSR count). The summed E-state index contributed by atoms with van der Waals surface area (Å²) in [7, 11) is 0. The molecule has 0 saturated carbocycles. The van der Waals surface area contributed by atoms with Crippen LogP contribution >= 0.6 is 12.6 Å². The molecule has 2 aliphatic heterocycles. The van der Waals surface area contributed by atoms with Gasteiger partial charge < -0.3 is 24.2 Å². The minimum Gasteiger partial charge on any atom is -0.445 e. The van der Waals surface area contributed by atoms with Gasteiger partial charge >= 0.3 is 12.2 Å². The molecule has 2 fully saturated rings. The second-order valence-electron chi connectivity index (χ2n) is 9.97. The summed E-state index contributed by atoms with van der Waals surface area (Å²) in [6.45, 7) is 1.63. The van der Waals surface area contributed by atoms with Crippen molar-refractivity contribution in [1.29, 1.82) is 0 Å². The first-order valence-electron chi connectivity index (χ1n) is 13.4. The Morgan fingerprint density at radius 1 is 0.860 bits per heavy atom. The predicted molar refractivity (Wildman–Crippen MR) is 156 cm³/mol. The monoisotopic (exact) mass is 614 g/mol. The van der Waals surface area contributed by atoms with Gasteiger partial charge in [0.05, 0.1) is 16.2 Å². The molecule has 2 aromatic carbocycles. The number of aliphatic imine (C=N–C) groups is 1. The van der Waals surface area contributed by atoms with Crippen LogP contribution < -0.4 is 0 Å². The molecular weight excluding hydrogens is 584 g/mol. The Balaban J connectivity index is 1.26. The summed E-state index contributed by atoms with van der Waals surface area (Å²) in [5, 5.41) is 21.5. The fraction of sp³-hybridized carbons (Fsp3) is 0.407. The van der Waals surface area contributed by atoms with Gasteiger partial charge in [0.25, 0.3) is 11.4 Å². The molecule has 16 heteroatoms. The largest absolute Gasteiger partial charge is 0.445 e. The van der Waals surface area contributed by atoms with Crippen molar-refractivity contribution in [3.05, 3.63) is 79.9 Å². The van der Waals surface area contributed by atoms with E-state index in [9.17, 15) is 34.6 Å². The standard InChI is InChI=1S/C27H30N6O9S/c34-25(29-10-1-11-30(13-12-29)27(36)42-17-20-4-8-22(9-5-20)33(39)40)24-14-23(43)15-31(24)18-28-26(35)41-16-19-2-6-21(7-3-19)32(37)38/h2-9,18,23-24,43H,1,10-17H2/t23-,24-/m0/s1. The lowest BCUT2D eigenvalue weighted by molar-refractivity contribution is -0.385. The molecule has 0 unspecified atom stereocenters. The lowest BCUT2D eigenvalue weighted by atomic mass is 10.2. The third-order valence-electron chi connectivity index (χ3n) is 7.00. The fourth-order valence-corrected chi connectivity index (χ4v) is 5.10. The molecular formula is C27H30N6O9S. The SMILES string of the molecule is O=C(N=CN1C[C@@H](S)C[C@H]1C(=O)N1CCCN(C(=O)OCc2ccc([N+](=O)[O-])cc2)CC1)OCc1ccc([N+](=O)[O-])cc1. The number of nitrogens with zero attached hydrogens (tertiary/aromatic N) is 6. The van der Waals surface area contributed by atoms with E-state index in [-0.39, 0.29) is 42.3 Å². The highest BCUT2D eigenvalue weighted by Gasteiger charge is 2.37. The number of amides is 3. The maximum absolute atomic E-state index is 13.4. The molecule has 0 radical (unpaired) electrons. The second kappa shape index (κ2) is 14.4. The highest BCUT2D eigenvalue weighted by molar-refractivity contribution is 7.81. The van der Waals surface area contributed by atoms with Gasteiger partial charge in [0.2, 0.25) is 5.91 Å². The Labute approximate surface area is 251 Å². The van der Waals surface area contributed by atoms with E-state index in [1.54, 1.807) is 9.80 Å². The van der Waals surface area contributed by atoms with Crippen LogP contribution in [0.3, 0.4) is 0 Å². The Hall–Kier alpha value is -4.73. The first-order valence-corrected chi connectivity index (χ1v) is 13.9. The van der Waals surface area contributed by atoms with Crippen LogP contribution in [0.1, 0.15) is 24.0 Å². The van der Waals surface area contributed by atoms with Crippen LogP contribution in [0.25, 0.3) is 0 Å². The van der Waals surface area contributed by atoms with E-state index in [2.05, 4.69) is 17.6 Å². The summed E-state index contributed by atoms with van der Waals surface area (Å²) in [4.78, 5) is 67.5. The summed E-state index contributed by atoms with van der Waals surface area (Å²) >= 11 is 4.52. The number of nitro groups is 2. The van der Waals surface area contributed by atoms with Gasteiger partial charge in [-0.15, -0.1) is 0 Å². The van der Waals surface area contributed by atoms with Crippen LogP contribution in [0.15, 0.2) is 53.5 Å². The third-order valence-corrected chi connectivity index (χ3v) is 7.37. The predicted octanol–water partition coefficient (Wildman–Crippen LogP) is 3.41. The maximum Gasteiger partial charge on any atom is 0.435 e. The molecule has 3 amide bonds. The molecule has 2 heterocycles. The highest BCUT2D eigenvalue weighted by Crippen LogP contribution is 2.23. The minimum atomic E-state index is -0.871. The molecule has 43 heavy (non-hydrogen) atoms. The van der Waals surface area contributed by atoms with Crippen LogP contribution in [0, 0.1) is 20.2 Å². The van der Waals surface area contributed by atoms with Gasteiger partial charge in [-0.3, -0.25) is 25.0 Å². The van der Waals surface area contributed by atoms with E-state index in [4.69, 9.17) is 9.47 Å². The Morgan fingerprint density at radius 2 is 1.40 bits per heavy atom. The number of carbonyl (C=O) groups is 3. The van der Waals surface area contributed by atoms with E-state index < -0.39 is 28.1 Å². The second-order valence-corrected chi connectivity index (χ2v) is 10.7. The van der Waals surface area contributed by atoms with Gasteiger partial charge in [0, 0.05) is 62.2 Å². The maximum atomic E-state index is 13.4. The van der Waals surface area contributed by atoms with Gasteiger partial charge in [-0.25, -0.2) is 9.59 Å². The average Bonchev–Trinajstić information content (AvgIpc) is 3.20. The lowest BCUT2D eigenvalue weighted by Crippen LogP contribution is -2.46. The summed E-state index contributed by atoms with van der Waals surface area (Å²) in [5.74, 6) is -0.164. The van der Waals surface area contributed by atoms with Crippen molar-refractivity contribution in [2.45, 2.75) is 37.3 Å². The fourth-order valence-electron chi connectivity index (χ4n) is 4.71. The first-order chi connectivity index (χ1) is 20.6. The van der Waals surface area contributed by atoms with Gasteiger partial charge in [0.1, 0.15) is 19.3 Å².